The fourth-order valence-electron chi connectivity index (χ4n) is 8.60. The number of para-hydroxylation sites is 1. The van der Waals surface area contributed by atoms with Crippen LogP contribution in [0.5, 0.6) is 17.2 Å². The van der Waals surface area contributed by atoms with Crippen LogP contribution < -0.4 is 24.8 Å². The molecule has 338 valence electrons. The summed E-state index contributed by atoms with van der Waals surface area (Å²) in [6.45, 7) is 8.20. The topological polar surface area (TPSA) is 178 Å². The summed E-state index contributed by atoms with van der Waals surface area (Å²) in [6.07, 6.45) is 3.20. The molecular weight excluding hydrogens is 867 g/mol. The molecule has 2 fully saturated rings. The largest absolute Gasteiger partial charge is 0.483 e. The molecule has 8 rings (SSSR count). The number of anilines is 1. The average Bonchev–Trinajstić information content (AvgIpc) is 3.56. The highest BCUT2D eigenvalue weighted by Crippen LogP contribution is 2.44. The van der Waals surface area contributed by atoms with Gasteiger partial charge in [0.25, 0.3) is 15.9 Å². The highest BCUT2D eigenvalue weighted by molar-refractivity contribution is 7.90. The monoisotopic (exact) mass is 916 g/mol. The number of alkyl halides is 1. The van der Waals surface area contributed by atoms with E-state index in [0.29, 0.717) is 29.1 Å². The maximum atomic E-state index is 15.2. The molecule has 1 aliphatic carbocycles. The third-order valence-corrected chi connectivity index (χ3v) is 14.0. The van der Waals surface area contributed by atoms with E-state index in [2.05, 4.69) is 40.8 Å². The number of fused-ring (bicyclic) bond motifs is 1. The van der Waals surface area contributed by atoms with Crippen LogP contribution in [-0.2, 0) is 21.8 Å². The number of hydrogen-bond acceptors (Lipinski definition) is 11. The lowest BCUT2D eigenvalue weighted by molar-refractivity contribution is -0.386. The number of carbonyl (C=O) groups is 1. The van der Waals surface area contributed by atoms with Crippen molar-refractivity contribution in [2.75, 3.05) is 57.4 Å². The Morgan fingerprint density at radius 1 is 0.969 bits per heavy atom. The van der Waals surface area contributed by atoms with Gasteiger partial charge in [0.1, 0.15) is 23.5 Å². The van der Waals surface area contributed by atoms with Gasteiger partial charge in [-0.2, -0.15) is 0 Å². The van der Waals surface area contributed by atoms with Gasteiger partial charge in [0.15, 0.2) is 11.5 Å². The second kappa shape index (κ2) is 18.0. The minimum absolute atomic E-state index is 0.0133. The Kier molecular flexibility index (Phi) is 12.6. The van der Waals surface area contributed by atoms with Crippen molar-refractivity contribution in [3.05, 3.63) is 121 Å². The number of carbonyl (C=O) groups excluding carboxylic acids is 1. The summed E-state index contributed by atoms with van der Waals surface area (Å²) in [4.78, 5) is 44.6. The molecule has 0 radical (unpaired) electrons. The van der Waals surface area contributed by atoms with Crippen LogP contribution in [0, 0.1) is 15.5 Å². The number of nitro benzene ring substituents is 1. The van der Waals surface area contributed by atoms with Gasteiger partial charge in [0.2, 0.25) is 0 Å². The van der Waals surface area contributed by atoms with Crippen molar-refractivity contribution in [3.63, 3.8) is 0 Å². The lowest BCUT2D eigenvalue weighted by atomic mass is 9.72. The molecule has 15 nitrogen and oxygen atoms in total. The quantitative estimate of drug-likeness (QED) is 0.0864. The predicted molar refractivity (Wildman–Crippen MR) is 242 cm³/mol. The Morgan fingerprint density at radius 2 is 1.70 bits per heavy atom. The molecule has 1 amide bonds. The molecule has 0 unspecified atom stereocenters. The van der Waals surface area contributed by atoms with Crippen LogP contribution in [-0.4, -0.2) is 91.9 Å². The van der Waals surface area contributed by atoms with Crippen LogP contribution in [0.4, 0.5) is 15.8 Å². The fraction of sp³-hybridized carbons (Fsp3) is 0.391. The van der Waals surface area contributed by atoms with Crippen molar-refractivity contribution in [1.82, 2.24) is 19.2 Å². The number of aryl methyl sites for hydroxylation is 1. The third-order valence-electron chi connectivity index (χ3n) is 12.4. The summed E-state index contributed by atoms with van der Waals surface area (Å²) < 4.78 is 63.1. The van der Waals surface area contributed by atoms with E-state index in [9.17, 15) is 28.1 Å². The number of imidazole rings is 1. The maximum absolute atomic E-state index is 15.2. The molecule has 4 aromatic carbocycles. The van der Waals surface area contributed by atoms with Crippen LogP contribution >= 0.6 is 11.6 Å². The van der Waals surface area contributed by atoms with Crippen LogP contribution in [0.15, 0.2) is 94.1 Å². The molecule has 0 atom stereocenters. The van der Waals surface area contributed by atoms with Gasteiger partial charge >= 0.3 is 11.4 Å². The van der Waals surface area contributed by atoms with E-state index in [4.69, 9.17) is 25.8 Å². The maximum Gasteiger partial charge on any atom is 0.326 e. The normalized spacial score (nSPS) is 17.9. The zero-order valence-corrected chi connectivity index (χ0v) is 37.4. The first kappa shape index (κ1) is 44.8. The number of nitro groups is 1. The highest BCUT2D eigenvalue weighted by atomic mass is 35.5. The van der Waals surface area contributed by atoms with Gasteiger partial charge in [0, 0.05) is 88.7 Å². The molecule has 3 heterocycles. The summed E-state index contributed by atoms with van der Waals surface area (Å²) in [5.74, 6) is -1.14. The number of piperazine rings is 1. The predicted octanol–water partition coefficient (Wildman–Crippen LogP) is 8.02. The summed E-state index contributed by atoms with van der Waals surface area (Å²) in [7, 11) is -3.14. The first-order valence-corrected chi connectivity index (χ1v) is 23.0. The number of H-pyrrole nitrogens is 1. The van der Waals surface area contributed by atoms with Gasteiger partial charge in [-0.25, -0.2) is 22.3 Å². The minimum Gasteiger partial charge on any atom is -0.483 e. The molecule has 0 bridgehead atoms. The molecule has 2 saturated heterocycles. The van der Waals surface area contributed by atoms with E-state index in [0.717, 1.165) is 62.8 Å². The van der Waals surface area contributed by atoms with Crippen molar-refractivity contribution in [2.24, 2.45) is 12.5 Å². The second-order valence-corrected chi connectivity index (χ2v) is 19.6. The zero-order chi connectivity index (χ0) is 45.4. The lowest BCUT2D eigenvalue weighted by Gasteiger charge is -2.39. The van der Waals surface area contributed by atoms with Gasteiger partial charge in [-0.05, 0) is 84.3 Å². The van der Waals surface area contributed by atoms with E-state index >= 15 is 4.39 Å². The van der Waals surface area contributed by atoms with Gasteiger partial charge in [-0.1, -0.05) is 49.2 Å². The first-order chi connectivity index (χ1) is 30.5. The Labute approximate surface area is 374 Å². The molecule has 3 aliphatic rings. The van der Waals surface area contributed by atoms with Gasteiger partial charge in [0.05, 0.1) is 20.9 Å². The van der Waals surface area contributed by atoms with Crippen molar-refractivity contribution < 1.29 is 36.7 Å². The summed E-state index contributed by atoms with van der Waals surface area (Å²) in [5, 5.41) is 12.8. The molecular formula is C46H50ClFN6O9S. The molecule has 1 aromatic heterocycles. The van der Waals surface area contributed by atoms with E-state index in [1.54, 1.807) is 37.4 Å². The standard InChI is InChI=1S/C46H50ClFN6O9S/c1-45(2)16-15-31(36(27-45)30-7-9-32(47)10-8-30)28-52-19-21-53(22-20-52)33-11-13-35(41(25-33)63-40-6-4-5-37-42(40)51(3)44(56)49-37)43(55)50-64(59,60)34-12-14-39(38(26-34)54(57)58)62-29-46(48)17-23-61-24-18-46/h4-14,25-26H,15-24,27-29H2,1-3H3,(H,49,56)(H,50,55). The van der Waals surface area contributed by atoms with Gasteiger partial charge in [-0.15, -0.1) is 0 Å². The number of benzene rings is 4. The number of aromatic nitrogens is 2. The number of allylic oxidation sites excluding steroid dienone is 1. The number of ether oxygens (including phenoxy) is 3. The number of nitrogens with one attached hydrogen (secondary N) is 2. The van der Waals surface area contributed by atoms with E-state index in [1.165, 1.54) is 27.3 Å². The van der Waals surface area contributed by atoms with Crippen LogP contribution in [0.25, 0.3) is 16.6 Å². The summed E-state index contributed by atoms with van der Waals surface area (Å²) in [5.41, 5.74) is 2.85. The molecule has 2 N–H and O–H groups in total. The molecule has 0 spiro atoms. The number of hydrogen-bond donors (Lipinski definition) is 2. The first-order valence-electron chi connectivity index (χ1n) is 21.2. The Balaban J connectivity index is 1.04. The van der Waals surface area contributed by atoms with Crippen LogP contribution in [0.2, 0.25) is 5.02 Å². The minimum atomic E-state index is -4.72. The number of nitrogens with zero attached hydrogens (tertiary/aromatic N) is 4. The highest BCUT2D eigenvalue weighted by Gasteiger charge is 2.35. The smallest absolute Gasteiger partial charge is 0.326 e. The Morgan fingerprint density at radius 3 is 2.42 bits per heavy atom. The Hall–Kier alpha value is -5.75. The molecule has 2 aliphatic heterocycles. The second-order valence-electron chi connectivity index (χ2n) is 17.5. The number of aromatic amines is 1. The van der Waals surface area contributed by atoms with Gasteiger partial charge < -0.3 is 24.1 Å². The fourth-order valence-corrected chi connectivity index (χ4v) is 9.71. The van der Waals surface area contributed by atoms with Crippen LogP contribution in [0.1, 0.15) is 61.9 Å². The number of sulfonamides is 1. The third kappa shape index (κ3) is 9.82. The zero-order valence-electron chi connectivity index (χ0n) is 35.8. The number of halogens is 2. The molecule has 64 heavy (non-hydrogen) atoms. The molecule has 5 aromatic rings. The van der Waals surface area contributed by atoms with E-state index < -0.39 is 43.7 Å². The van der Waals surface area contributed by atoms with Gasteiger partial charge in [-0.3, -0.25) is 24.4 Å². The lowest BCUT2D eigenvalue weighted by Crippen LogP contribution is -2.47. The SMILES string of the molecule is Cn1c(=O)[nH]c2cccc(Oc3cc(N4CCN(CC5=C(c6ccc(Cl)cc6)CC(C)(C)CC5)CC4)ccc3C(=O)NS(=O)(=O)c3ccc(OCC4(F)CCOCC4)c([N+](=O)[O-])c3)c21. The van der Waals surface area contributed by atoms with Crippen molar-refractivity contribution in [1.29, 1.82) is 0 Å². The van der Waals surface area contributed by atoms with Crippen LogP contribution in [0.3, 0.4) is 0 Å². The summed E-state index contributed by atoms with van der Waals surface area (Å²) >= 11 is 6.24. The number of rotatable bonds is 13. The van der Waals surface area contributed by atoms with Crippen molar-refractivity contribution in [2.45, 2.75) is 56.5 Å². The average molecular weight is 917 g/mol. The van der Waals surface area contributed by atoms with Crippen molar-refractivity contribution >= 4 is 55.5 Å². The Bertz CT molecular complexity index is 2790. The summed E-state index contributed by atoms with van der Waals surface area (Å²) in [6, 6.07) is 20.8. The van der Waals surface area contributed by atoms with E-state index in [-0.39, 0.29) is 60.0 Å². The molecule has 0 saturated carbocycles. The van der Waals surface area contributed by atoms with Crippen molar-refractivity contribution in [3.8, 4) is 17.2 Å². The van der Waals surface area contributed by atoms with E-state index in [1.807, 2.05) is 16.9 Å². The molecule has 18 heteroatoms. The number of amides is 1.